The van der Waals surface area contributed by atoms with Gasteiger partial charge in [0.15, 0.2) is 0 Å². The Labute approximate surface area is 177 Å². The van der Waals surface area contributed by atoms with E-state index in [2.05, 4.69) is 15.9 Å². The predicted molar refractivity (Wildman–Crippen MR) is 115 cm³/mol. The highest BCUT2D eigenvalue weighted by Crippen LogP contribution is 2.19. The summed E-state index contributed by atoms with van der Waals surface area (Å²) in [6.07, 6.45) is 3.12. The topological polar surface area (TPSA) is 35.5 Å². The summed E-state index contributed by atoms with van der Waals surface area (Å²) in [4.78, 5) is 11.9. The van der Waals surface area contributed by atoms with Gasteiger partial charge in [0.1, 0.15) is 19.0 Å². The van der Waals surface area contributed by atoms with Gasteiger partial charge in [-0.2, -0.15) is 0 Å². The first kappa shape index (κ1) is 20.2. The summed E-state index contributed by atoms with van der Waals surface area (Å²) < 4.78 is 11.9. The van der Waals surface area contributed by atoms with Crippen LogP contribution in [0.1, 0.15) is 16.7 Å². The van der Waals surface area contributed by atoms with E-state index in [0.717, 1.165) is 26.9 Å². The Hall–Kier alpha value is -2.56. The number of carbonyl (C=O) groups excluding carboxylic acids is 1. The molecular weight excluding hydrogens is 440 g/mol. The van der Waals surface area contributed by atoms with E-state index in [1.807, 2.05) is 72.8 Å². The third kappa shape index (κ3) is 6.25. The molecule has 0 fully saturated rings. The molecule has 0 aliphatic heterocycles. The second-order valence-electron chi connectivity index (χ2n) is 6.02. The van der Waals surface area contributed by atoms with E-state index < -0.39 is 0 Å². The number of ether oxygens (including phenoxy) is 2. The van der Waals surface area contributed by atoms with Crippen molar-refractivity contribution in [1.82, 2.24) is 0 Å². The number of halogens is 2. The minimum atomic E-state index is -0.390. The van der Waals surface area contributed by atoms with E-state index in [9.17, 15) is 4.79 Å². The molecule has 5 heteroatoms. The first-order chi connectivity index (χ1) is 13.6. The standard InChI is InChI=1S/C23H18BrClO3/c24-20-6-3-4-18(14-20)15-28-23(26)13-10-17-8-11-21(12-9-17)27-16-19-5-1-2-7-22(19)25/h1-14H,15-16H2. The van der Waals surface area contributed by atoms with Crippen LogP contribution in [0.4, 0.5) is 0 Å². The van der Waals surface area contributed by atoms with Crippen molar-refractivity contribution in [2.24, 2.45) is 0 Å². The van der Waals surface area contributed by atoms with Gasteiger partial charge in [0, 0.05) is 21.1 Å². The summed E-state index contributed by atoms with van der Waals surface area (Å²) in [6.45, 7) is 0.633. The van der Waals surface area contributed by atoms with Crippen molar-refractivity contribution in [3.05, 3.63) is 105 Å². The minimum absolute atomic E-state index is 0.234. The van der Waals surface area contributed by atoms with Gasteiger partial charge < -0.3 is 9.47 Å². The highest BCUT2D eigenvalue weighted by molar-refractivity contribution is 9.10. The first-order valence-electron chi connectivity index (χ1n) is 8.66. The van der Waals surface area contributed by atoms with Crippen LogP contribution < -0.4 is 4.74 Å². The van der Waals surface area contributed by atoms with Gasteiger partial charge in [-0.05, 0) is 47.5 Å². The molecule has 3 rings (SSSR count). The lowest BCUT2D eigenvalue weighted by molar-refractivity contribution is -0.138. The van der Waals surface area contributed by atoms with Crippen LogP contribution in [0.15, 0.2) is 83.3 Å². The molecule has 0 saturated carbocycles. The lowest BCUT2D eigenvalue weighted by Crippen LogP contribution is -2.00. The van der Waals surface area contributed by atoms with Crippen molar-refractivity contribution in [1.29, 1.82) is 0 Å². The Balaban J connectivity index is 1.49. The fraction of sp³-hybridized carbons (Fsp3) is 0.0870. The van der Waals surface area contributed by atoms with Crippen LogP contribution >= 0.6 is 27.5 Å². The van der Waals surface area contributed by atoms with Gasteiger partial charge in [0.05, 0.1) is 0 Å². The van der Waals surface area contributed by atoms with Crippen LogP contribution in [-0.4, -0.2) is 5.97 Å². The second kappa shape index (κ2) is 10.1. The van der Waals surface area contributed by atoms with Crippen molar-refractivity contribution in [3.63, 3.8) is 0 Å². The fourth-order valence-corrected chi connectivity index (χ4v) is 3.08. The second-order valence-corrected chi connectivity index (χ2v) is 7.34. The van der Waals surface area contributed by atoms with Crippen LogP contribution in [0, 0.1) is 0 Å². The molecule has 0 aliphatic rings. The quantitative estimate of drug-likeness (QED) is 0.302. The molecule has 0 bridgehead atoms. The van der Waals surface area contributed by atoms with Gasteiger partial charge >= 0.3 is 5.97 Å². The smallest absolute Gasteiger partial charge is 0.331 e. The number of hydrogen-bond acceptors (Lipinski definition) is 3. The molecular formula is C23H18BrClO3. The lowest BCUT2D eigenvalue weighted by atomic mass is 10.2. The summed E-state index contributed by atoms with van der Waals surface area (Å²) in [5.74, 6) is 0.341. The lowest BCUT2D eigenvalue weighted by Gasteiger charge is -2.08. The minimum Gasteiger partial charge on any atom is -0.489 e. The van der Waals surface area contributed by atoms with E-state index in [1.54, 1.807) is 6.08 Å². The van der Waals surface area contributed by atoms with Gasteiger partial charge in [-0.3, -0.25) is 0 Å². The van der Waals surface area contributed by atoms with E-state index in [-0.39, 0.29) is 12.6 Å². The van der Waals surface area contributed by atoms with Crippen LogP contribution in [0.5, 0.6) is 5.75 Å². The van der Waals surface area contributed by atoms with Gasteiger partial charge in [-0.25, -0.2) is 4.79 Å². The molecule has 0 aliphatic carbocycles. The van der Waals surface area contributed by atoms with Gasteiger partial charge in [0.25, 0.3) is 0 Å². The molecule has 0 aromatic heterocycles. The number of rotatable bonds is 7. The SMILES string of the molecule is O=C(C=Cc1ccc(OCc2ccccc2Cl)cc1)OCc1cccc(Br)c1. The summed E-state index contributed by atoms with van der Waals surface area (Å²) in [7, 11) is 0. The van der Waals surface area contributed by atoms with E-state index >= 15 is 0 Å². The van der Waals surface area contributed by atoms with Crippen molar-refractivity contribution in [2.45, 2.75) is 13.2 Å². The predicted octanol–water partition coefficient (Wildman–Crippen LogP) is 6.44. The fourth-order valence-electron chi connectivity index (χ4n) is 2.45. The van der Waals surface area contributed by atoms with E-state index in [1.165, 1.54) is 6.08 Å². The zero-order valence-corrected chi connectivity index (χ0v) is 17.3. The Bertz CT molecular complexity index is 968. The molecule has 0 heterocycles. The molecule has 0 saturated heterocycles. The van der Waals surface area contributed by atoms with Crippen molar-refractivity contribution in [2.75, 3.05) is 0 Å². The molecule has 0 unspecified atom stereocenters. The third-order valence-electron chi connectivity index (χ3n) is 3.91. The Morgan fingerprint density at radius 1 is 0.964 bits per heavy atom. The van der Waals surface area contributed by atoms with Crippen molar-refractivity contribution < 1.29 is 14.3 Å². The van der Waals surface area contributed by atoms with Crippen LogP contribution in [0.3, 0.4) is 0 Å². The number of carbonyl (C=O) groups is 1. The Morgan fingerprint density at radius 3 is 2.50 bits per heavy atom. The summed E-state index contributed by atoms with van der Waals surface area (Å²) >= 11 is 9.52. The molecule has 28 heavy (non-hydrogen) atoms. The molecule has 0 spiro atoms. The summed E-state index contributed by atoms with van der Waals surface area (Å²) in [6, 6.07) is 22.7. The maximum absolute atomic E-state index is 11.9. The normalized spacial score (nSPS) is 10.8. The maximum atomic E-state index is 11.9. The highest BCUT2D eigenvalue weighted by atomic mass is 79.9. The molecule has 0 radical (unpaired) electrons. The molecule has 0 amide bonds. The van der Waals surface area contributed by atoms with Gasteiger partial charge in [-0.15, -0.1) is 0 Å². The maximum Gasteiger partial charge on any atom is 0.331 e. The molecule has 0 atom stereocenters. The average molecular weight is 458 g/mol. The number of esters is 1. The van der Waals surface area contributed by atoms with Crippen LogP contribution in [0.2, 0.25) is 5.02 Å². The third-order valence-corrected chi connectivity index (χ3v) is 4.78. The van der Waals surface area contributed by atoms with E-state index in [0.29, 0.717) is 11.6 Å². The molecule has 0 N–H and O–H groups in total. The Morgan fingerprint density at radius 2 is 1.75 bits per heavy atom. The van der Waals surface area contributed by atoms with E-state index in [4.69, 9.17) is 21.1 Å². The van der Waals surface area contributed by atoms with Gasteiger partial charge in [0.2, 0.25) is 0 Å². The average Bonchev–Trinajstić information content (AvgIpc) is 2.71. The van der Waals surface area contributed by atoms with Crippen molar-refractivity contribution in [3.8, 4) is 5.75 Å². The number of benzene rings is 3. The molecule has 3 nitrogen and oxygen atoms in total. The zero-order chi connectivity index (χ0) is 19.8. The zero-order valence-electron chi connectivity index (χ0n) is 15.0. The van der Waals surface area contributed by atoms with Gasteiger partial charge in [-0.1, -0.05) is 70.0 Å². The monoisotopic (exact) mass is 456 g/mol. The summed E-state index contributed by atoms with van der Waals surface area (Å²) in [5, 5.41) is 0.684. The molecule has 142 valence electrons. The van der Waals surface area contributed by atoms with Crippen LogP contribution in [-0.2, 0) is 22.7 Å². The van der Waals surface area contributed by atoms with Crippen LogP contribution in [0.25, 0.3) is 6.08 Å². The molecule has 3 aromatic rings. The first-order valence-corrected chi connectivity index (χ1v) is 9.83. The highest BCUT2D eigenvalue weighted by Gasteiger charge is 2.02. The molecule has 3 aromatic carbocycles. The summed E-state index contributed by atoms with van der Waals surface area (Å²) in [5.41, 5.74) is 2.74. The number of hydrogen-bond donors (Lipinski definition) is 0. The largest absolute Gasteiger partial charge is 0.489 e. The van der Waals surface area contributed by atoms with Crippen molar-refractivity contribution >= 4 is 39.6 Å². The Kier molecular flexibility index (Phi) is 7.29.